The maximum absolute atomic E-state index is 4.84. The van der Waals surface area contributed by atoms with E-state index >= 15 is 0 Å². The van der Waals surface area contributed by atoms with Gasteiger partial charge >= 0.3 is 65.1 Å². The first kappa shape index (κ1) is 5.74. The molecule has 0 fully saturated rings. The molecule has 0 saturated heterocycles. The minimum atomic E-state index is 1.19. The predicted molar refractivity (Wildman–Crippen MR) is 36.8 cm³/mol. The molecule has 0 bridgehead atoms. The number of furan rings is 1. The second-order valence-corrected chi connectivity index (χ2v) is 2.56. The van der Waals surface area contributed by atoms with Crippen LogP contribution in [0.2, 0.25) is 0 Å². The summed E-state index contributed by atoms with van der Waals surface area (Å²) in [5, 5.41) is 0. The molecule has 0 aliphatic carbocycles. The number of halogens is 1. The van der Waals surface area contributed by atoms with Crippen molar-refractivity contribution in [3.8, 4) is 0 Å². The van der Waals surface area contributed by atoms with Crippen LogP contribution in [0.5, 0.6) is 0 Å². The van der Waals surface area contributed by atoms with Gasteiger partial charge in [0.15, 0.2) is 0 Å². The summed E-state index contributed by atoms with van der Waals surface area (Å²) in [6.45, 7) is 0. The van der Waals surface area contributed by atoms with Crippen LogP contribution >= 0.6 is 22.6 Å². The quantitative estimate of drug-likeness (QED) is 0.443. The second kappa shape index (κ2) is 2.25. The molecule has 0 aromatic carbocycles. The Labute approximate surface area is 64.8 Å². The van der Waals surface area contributed by atoms with E-state index in [0.29, 0.717) is 0 Å². The molecule has 0 spiro atoms. The van der Waals surface area contributed by atoms with Gasteiger partial charge < -0.3 is 0 Å². The topological polar surface area (TPSA) is 13.1 Å². The maximum atomic E-state index is 4.84. The zero-order chi connectivity index (χ0) is 5.28. The van der Waals surface area contributed by atoms with Crippen molar-refractivity contribution < 1.29 is 4.42 Å². The van der Waals surface area contributed by atoms with Gasteiger partial charge in [-0.15, -0.1) is 0 Å². The van der Waals surface area contributed by atoms with Crippen LogP contribution in [0.1, 0.15) is 0 Å². The minimum absolute atomic E-state index is 1.19. The molecule has 0 radical (unpaired) electrons. The first-order valence-electron chi connectivity index (χ1n) is 1.99. The zero-order valence-electron chi connectivity index (χ0n) is 3.94. The SMILES string of the molecule is [Li][c]1cocc1I. The van der Waals surface area contributed by atoms with E-state index in [9.17, 15) is 0 Å². The Morgan fingerprint density at radius 1 is 1.57 bits per heavy atom. The molecular weight excluding hydrogens is 198 g/mol. The van der Waals surface area contributed by atoms with Crippen molar-refractivity contribution in [1.82, 2.24) is 0 Å². The van der Waals surface area contributed by atoms with Crippen LogP contribution in [0.3, 0.4) is 0 Å². The average molecular weight is 200 g/mol. The molecule has 32 valence electrons. The molecule has 7 heavy (non-hydrogen) atoms. The third-order valence-corrected chi connectivity index (χ3v) is 1.90. The summed E-state index contributed by atoms with van der Waals surface area (Å²) in [6.07, 6.45) is 3.47. The predicted octanol–water partition coefficient (Wildman–Crippen LogP) is 0.678. The van der Waals surface area contributed by atoms with Crippen molar-refractivity contribution in [1.29, 1.82) is 0 Å². The monoisotopic (exact) mass is 200 g/mol. The van der Waals surface area contributed by atoms with Gasteiger partial charge in [0.05, 0.1) is 0 Å². The van der Waals surface area contributed by atoms with Crippen molar-refractivity contribution in [2.75, 3.05) is 0 Å². The molecule has 1 rings (SSSR count). The van der Waals surface area contributed by atoms with Crippen molar-refractivity contribution in [2.24, 2.45) is 0 Å². The summed E-state index contributed by atoms with van der Waals surface area (Å²) in [5.41, 5.74) is 0. The van der Waals surface area contributed by atoms with Gasteiger partial charge in [0.1, 0.15) is 0 Å². The van der Waals surface area contributed by atoms with Crippen LogP contribution in [0.4, 0.5) is 0 Å². The molecule has 0 aliphatic heterocycles. The van der Waals surface area contributed by atoms with E-state index in [-0.39, 0.29) is 0 Å². The molecule has 0 unspecified atom stereocenters. The van der Waals surface area contributed by atoms with Crippen LogP contribution in [0.15, 0.2) is 16.9 Å². The van der Waals surface area contributed by atoms with E-state index in [2.05, 4.69) is 22.6 Å². The Kier molecular flexibility index (Phi) is 1.85. The van der Waals surface area contributed by atoms with Crippen molar-refractivity contribution in [3.63, 3.8) is 0 Å². The normalized spacial score (nSPS) is 9.57. The van der Waals surface area contributed by atoms with E-state index in [1.165, 1.54) is 7.81 Å². The molecule has 1 aromatic rings. The number of hydrogen-bond acceptors (Lipinski definition) is 1. The molecule has 1 nitrogen and oxygen atoms in total. The van der Waals surface area contributed by atoms with Gasteiger partial charge in [-0.05, 0) is 0 Å². The first-order valence-corrected chi connectivity index (χ1v) is 3.07. The molecule has 1 heterocycles. The van der Waals surface area contributed by atoms with Crippen molar-refractivity contribution >= 4 is 44.5 Å². The van der Waals surface area contributed by atoms with E-state index in [4.69, 9.17) is 4.42 Å². The average Bonchev–Trinajstić information content (AvgIpc) is 1.91. The summed E-state index contributed by atoms with van der Waals surface area (Å²) >= 11 is 4.24. The Morgan fingerprint density at radius 3 is 2.43 bits per heavy atom. The van der Waals surface area contributed by atoms with E-state index in [1.54, 1.807) is 12.5 Å². The Morgan fingerprint density at radius 2 is 2.29 bits per heavy atom. The molecule has 0 aliphatic rings. The Hall–Kier alpha value is 0.607. The van der Waals surface area contributed by atoms with Crippen LogP contribution in [-0.2, 0) is 0 Å². The fraction of sp³-hybridized carbons (Fsp3) is 0. The van der Waals surface area contributed by atoms with Gasteiger partial charge in [-0.1, -0.05) is 0 Å². The van der Waals surface area contributed by atoms with Crippen molar-refractivity contribution in [2.45, 2.75) is 0 Å². The number of rotatable bonds is 0. The molecule has 0 saturated carbocycles. The Balaban J connectivity index is 3.12. The molecule has 1 aromatic heterocycles. The summed E-state index contributed by atoms with van der Waals surface area (Å²) in [6, 6.07) is 0. The molecule has 0 atom stereocenters. The third-order valence-electron chi connectivity index (χ3n) is 0.793. The molecular formula is C4H2ILiO. The summed E-state index contributed by atoms with van der Waals surface area (Å²) in [4.78, 5) is 0. The Bertz CT molecular complexity index is 144. The first-order chi connectivity index (χ1) is 3.30. The van der Waals surface area contributed by atoms with Crippen LogP contribution in [0.25, 0.3) is 0 Å². The van der Waals surface area contributed by atoms with Gasteiger partial charge in [-0.3, -0.25) is 0 Å². The molecule has 0 N–H and O–H groups in total. The van der Waals surface area contributed by atoms with Gasteiger partial charge in [-0.2, -0.15) is 0 Å². The summed E-state index contributed by atoms with van der Waals surface area (Å²) in [5.74, 6) is 0. The molecule has 3 heteroatoms. The molecule has 0 amide bonds. The standard InChI is InChI=1S/C4H2IO.Li/c5-4-1-2-6-3-4;/h2-3H;. The van der Waals surface area contributed by atoms with Gasteiger partial charge in [0.2, 0.25) is 0 Å². The van der Waals surface area contributed by atoms with E-state index in [1.807, 2.05) is 17.7 Å². The van der Waals surface area contributed by atoms with Crippen LogP contribution in [-0.4, -0.2) is 17.7 Å². The fourth-order valence-electron chi connectivity index (χ4n) is 0.345. The second-order valence-electron chi connectivity index (χ2n) is 1.40. The van der Waals surface area contributed by atoms with Gasteiger partial charge in [0, 0.05) is 0 Å². The zero-order valence-corrected chi connectivity index (χ0v) is 6.10. The summed E-state index contributed by atoms with van der Waals surface area (Å²) < 4.78 is 7.24. The fourth-order valence-corrected chi connectivity index (χ4v) is 0.619. The van der Waals surface area contributed by atoms with Crippen molar-refractivity contribution in [3.05, 3.63) is 16.1 Å². The number of hydrogen-bond donors (Lipinski definition) is 0. The third kappa shape index (κ3) is 1.25. The van der Waals surface area contributed by atoms with Crippen LogP contribution < -0.4 is 4.24 Å². The van der Waals surface area contributed by atoms with E-state index in [0.717, 1.165) is 0 Å². The van der Waals surface area contributed by atoms with Crippen LogP contribution in [0, 0.1) is 3.57 Å². The van der Waals surface area contributed by atoms with E-state index < -0.39 is 0 Å². The summed E-state index contributed by atoms with van der Waals surface area (Å²) in [7, 11) is 0. The van der Waals surface area contributed by atoms with Gasteiger partial charge in [0.25, 0.3) is 0 Å². The van der Waals surface area contributed by atoms with Gasteiger partial charge in [-0.25, -0.2) is 0 Å².